The number of rotatable bonds is 9. The Morgan fingerprint density at radius 3 is 1.61 bits per heavy atom. The Balaban J connectivity index is 1.42. The summed E-state index contributed by atoms with van der Waals surface area (Å²) < 4.78 is 45.0. The predicted octanol–water partition coefficient (Wildman–Crippen LogP) is 6.82. The van der Waals surface area contributed by atoms with Gasteiger partial charge in [0.1, 0.15) is 56.6 Å². The quantitative estimate of drug-likeness (QED) is 0.114. The lowest BCUT2D eigenvalue weighted by atomic mass is 10.1. The smallest absolute Gasteiger partial charge is 0.308 e. The molecule has 0 aliphatic rings. The Morgan fingerprint density at radius 2 is 1.06 bits per heavy atom. The molecule has 6 rings (SSSR count). The van der Waals surface area contributed by atoms with E-state index in [0.29, 0.717) is 22.6 Å². The second-order valence-electron chi connectivity index (χ2n) is 11.0. The summed E-state index contributed by atoms with van der Waals surface area (Å²) in [7, 11) is 2.80. The number of hydrogen-bond acceptors (Lipinski definition) is 13. The van der Waals surface area contributed by atoms with Crippen molar-refractivity contribution < 1.29 is 51.6 Å². The molecule has 0 fully saturated rings. The molecule has 258 valence electrons. The number of fused-ring (bicyclic) bond motifs is 2. The van der Waals surface area contributed by atoms with Crippen molar-refractivity contribution in [1.29, 1.82) is 0 Å². The van der Waals surface area contributed by atoms with Gasteiger partial charge in [-0.1, -0.05) is 0 Å². The number of hydrogen-bond donors (Lipinski definition) is 0. The van der Waals surface area contributed by atoms with Crippen LogP contribution in [-0.2, 0) is 14.4 Å². The summed E-state index contributed by atoms with van der Waals surface area (Å²) in [4.78, 5) is 61.7. The van der Waals surface area contributed by atoms with Crippen molar-refractivity contribution >= 4 is 39.8 Å². The summed E-state index contributed by atoms with van der Waals surface area (Å²) >= 11 is 0. The lowest BCUT2D eigenvalue weighted by Crippen LogP contribution is -2.09. The molecule has 51 heavy (non-hydrogen) atoms. The Hall–Kier alpha value is -6.89. The van der Waals surface area contributed by atoms with E-state index >= 15 is 0 Å². The van der Waals surface area contributed by atoms with Crippen molar-refractivity contribution in [2.24, 2.45) is 0 Å². The van der Waals surface area contributed by atoms with Gasteiger partial charge in [0, 0.05) is 62.2 Å². The zero-order chi connectivity index (χ0) is 36.4. The Labute approximate surface area is 288 Å². The van der Waals surface area contributed by atoms with Crippen molar-refractivity contribution in [3.05, 3.63) is 99.3 Å². The van der Waals surface area contributed by atoms with Gasteiger partial charge >= 0.3 is 17.9 Å². The number of benzene rings is 4. The van der Waals surface area contributed by atoms with Gasteiger partial charge in [-0.25, -0.2) is 0 Å². The third-order valence-corrected chi connectivity index (χ3v) is 7.38. The summed E-state index contributed by atoms with van der Waals surface area (Å²) in [6.45, 7) is 3.69. The summed E-state index contributed by atoms with van der Waals surface area (Å²) in [5.74, 6) is -0.510. The minimum absolute atomic E-state index is 0.00830. The van der Waals surface area contributed by atoms with Gasteiger partial charge in [-0.3, -0.25) is 24.0 Å². The van der Waals surface area contributed by atoms with E-state index in [9.17, 15) is 24.0 Å². The van der Waals surface area contributed by atoms with Gasteiger partial charge in [0.15, 0.2) is 22.2 Å². The highest BCUT2D eigenvalue weighted by atomic mass is 16.5. The minimum atomic E-state index is -0.673. The van der Waals surface area contributed by atoms with E-state index in [1.165, 1.54) is 65.3 Å². The normalized spacial score (nSPS) is 10.8. The first-order valence-corrected chi connectivity index (χ1v) is 15.2. The summed E-state index contributed by atoms with van der Waals surface area (Å²) in [5.41, 5.74) is 0.0806. The summed E-state index contributed by atoms with van der Waals surface area (Å²) in [6.07, 6.45) is 0. The first-order chi connectivity index (χ1) is 24.4. The van der Waals surface area contributed by atoms with Gasteiger partial charge in [0.05, 0.1) is 14.2 Å². The molecule has 0 radical (unpaired) electrons. The number of methoxy groups -OCH3 is 2. The molecule has 0 saturated carbocycles. The molecule has 13 heteroatoms. The summed E-state index contributed by atoms with van der Waals surface area (Å²) in [6, 6.07) is 19.6. The number of carbonyl (C=O) groups excluding carboxylic acids is 3. The van der Waals surface area contributed by atoms with Crippen molar-refractivity contribution in [2.75, 3.05) is 14.2 Å². The lowest BCUT2D eigenvalue weighted by molar-refractivity contribution is -0.132. The van der Waals surface area contributed by atoms with Crippen LogP contribution in [0.4, 0.5) is 0 Å². The monoisotopic (exact) mass is 692 g/mol. The highest BCUT2D eigenvalue weighted by Crippen LogP contribution is 2.44. The molecule has 2 aromatic heterocycles. The largest absolute Gasteiger partial charge is 0.496 e. The number of carbonyl (C=O) groups is 3. The molecule has 0 unspecified atom stereocenters. The molecule has 2 heterocycles. The second kappa shape index (κ2) is 13.9. The maximum atomic E-state index is 13.5. The maximum Gasteiger partial charge on any atom is 0.308 e. The molecule has 4 aromatic carbocycles. The van der Waals surface area contributed by atoms with Crippen LogP contribution in [0.5, 0.6) is 40.2 Å². The Bertz CT molecular complexity index is 2460. The van der Waals surface area contributed by atoms with Crippen LogP contribution in [0.2, 0.25) is 0 Å². The molecule has 0 atom stereocenters. The molecular formula is C38H28O13. The minimum Gasteiger partial charge on any atom is -0.496 e. The van der Waals surface area contributed by atoms with Crippen LogP contribution in [0.15, 0.2) is 97.3 Å². The van der Waals surface area contributed by atoms with Crippen LogP contribution in [0.1, 0.15) is 20.8 Å². The molecule has 0 saturated heterocycles. The maximum absolute atomic E-state index is 13.5. The molecular weight excluding hydrogens is 664 g/mol. The highest BCUT2D eigenvalue weighted by Gasteiger charge is 2.24. The van der Waals surface area contributed by atoms with E-state index in [1.807, 2.05) is 0 Å². The predicted molar refractivity (Wildman–Crippen MR) is 183 cm³/mol. The van der Waals surface area contributed by atoms with Gasteiger partial charge in [-0.15, -0.1) is 0 Å². The molecule has 0 bridgehead atoms. The Kier molecular flexibility index (Phi) is 9.28. The van der Waals surface area contributed by atoms with Gasteiger partial charge in [0.25, 0.3) is 0 Å². The average Bonchev–Trinajstić information content (AvgIpc) is 3.08. The van der Waals surface area contributed by atoms with Crippen molar-refractivity contribution in [3.8, 4) is 62.9 Å². The van der Waals surface area contributed by atoms with Crippen molar-refractivity contribution in [3.63, 3.8) is 0 Å². The zero-order valence-corrected chi connectivity index (χ0v) is 27.8. The topological polar surface area (TPSA) is 167 Å². The zero-order valence-electron chi connectivity index (χ0n) is 27.8. The van der Waals surface area contributed by atoms with Crippen LogP contribution in [-0.4, -0.2) is 32.1 Å². The van der Waals surface area contributed by atoms with Gasteiger partial charge < -0.3 is 37.3 Å². The summed E-state index contributed by atoms with van der Waals surface area (Å²) in [5, 5.41) is 0.00599. The van der Waals surface area contributed by atoms with E-state index in [1.54, 1.807) is 48.5 Å². The fourth-order valence-corrected chi connectivity index (χ4v) is 5.26. The van der Waals surface area contributed by atoms with Crippen LogP contribution in [0, 0.1) is 0 Å². The van der Waals surface area contributed by atoms with Crippen LogP contribution in [0.3, 0.4) is 0 Å². The molecule has 0 amide bonds. The molecule has 0 aliphatic carbocycles. The first-order valence-electron chi connectivity index (χ1n) is 15.2. The van der Waals surface area contributed by atoms with E-state index in [0.717, 1.165) is 0 Å². The van der Waals surface area contributed by atoms with Crippen molar-refractivity contribution in [2.45, 2.75) is 20.8 Å². The third-order valence-electron chi connectivity index (χ3n) is 7.38. The fourth-order valence-electron chi connectivity index (χ4n) is 5.26. The lowest BCUT2D eigenvalue weighted by Gasteiger charge is -2.16. The van der Waals surface area contributed by atoms with Crippen LogP contribution in [0.25, 0.3) is 44.6 Å². The van der Waals surface area contributed by atoms with E-state index in [2.05, 4.69) is 0 Å². The SMILES string of the molecule is COc1cc(OC(C)=O)c2c(=O)cc(-c3ccc(Oc4c(OC)cc(OC(C)=O)c5c(=O)cc(-c6ccc(OC(C)=O)cc6)oc45)cc3)oc2c1. The van der Waals surface area contributed by atoms with Crippen LogP contribution < -0.4 is 39.3 Å². The number of ether oxygens (including phenoxy) is 6. The second-order valence-corrected chi connectivity index (χ2v) is 11.0. The van der Waals surface area contributed by atoms with Gasteiger partial charge in [-0.2, -0.15) is 0 Å². The first kappa shape index (κ1) is 34.0. The van der Waals surface area contributed by atoms with Gasteiger partial charge in [0.2, 0.25) is 5.75 Å². The van der Waals surface area contributed by atoms with Crippen molar-refractivity contribution in [1.82, 2.24) is 0 Å². The molecule has 13 nitrogen and oxygen atoms in total. The van der Waals surface area contributed by atoms with E-state index in [4.69, 9.17) is 37.3 Å². The molecule has 0 spiro atoms. The molecule has 6 aromatic rings. The fraction of sp³-hybridized carbons (Fsp3) is 0.132. The Morgan fingerprint density at radius 1 is 0.529 bits per heavy atom. The average molecular weight is 693 g/mol. The number of esters is 3. The van der Waals surface area contributed by atoms with Crippen LogP contribution >= 0.6 is 0 Å². The standard InChI is InChI=1S/C38H28O13/c1-19(39)46-24-10-6-23(7-11-24)30-17-28(43)36-33(48-21(3)41)18-34(45-5)37(38(36)51-30)49-25-12-8-22(9-13-25)29-16-27(42)35-31(47-20(2)40)14-26(44-4)15-32(35)50-29/h6-18H,1-5H3. The van der Waals surface area contributed by atoms with Gasteiger partial charge in [-0.05, 0) is 48.5 Å². The third kappa shape index (κ3) is 7.13. The molecule has 0 N–H and O–H groups in total. The highest BCUT2D eigenvalue weighted by molar-refractivity contribution is 5.94. The van der Waals surface area contributed by atoms with E-state index < -0.39 is 28.8 Å². The van der Waals surface area contributed by atoms with E-state index in [-0.39, 0.29) is 62.2 Å². The molecule has 0 aliphatic heterocycles.